The zero-order chi connectivity index (χ0) is 15.1. The molecule has 1 heterocycles. The van der Waals surface area contributed by atoms with Crippen molar-refractivity contribution < 1.29 is 4.74 Å². The summed E-state index contributed by atoms with van der Waals surface area (Å²) in [6.07, 6.45) is 4.15. The summed E-state index contributed by atoms with van der Waals surface area (Å²) in [6, 6.07) is 7.95. The van der Waals surface area contributed by atoms with Crippen molar-refractivity contribution in [1.29, 1.82) is 0 Å². The number of aromatic nitrogens is 2. The molecule has 0 amide bonds. The molecular weight excluding hydrogens is 286 g/mol. The monoisotopic (exact) mass is 303 g/mol. The van der Waals surface area contributed by atoms with Crippen LogP contribution in [0.5, 0.6) is 5.75 Å². The number of hydrogen-bond acceptors (Lipinski definition) is 4. The van der Waals surface area contributed by atoms with Gasteiger partial charge in [-0.25, -0.2) is 9.97 Å². The molecule has 2 rings (SSSR count). The predicted molar refractivity (Wildman–Crippen MR) is 86.1 cm³/mol. The first-order chi connectivity index (χ1) is 10.2. The van der Waals surface area contributed by atoms with Gasteiger partial charge in [0.15, 0.2) is 0 Å². The third-order valence-electron chi connectivity index (χ3n) is 2.95. The summed E-state index contributed by atoms with van der Waals surface area (Å²) in [7, 11) is 0. The minimum atomic E-state index is 0.521. The largest absolute Gasteiger partial charge is 0.491 e. The van der Waals surface area contributed by atoms with Crippen LogP contribution in [0.25, 0.3) is 0 Å². The van der Waals surface area contributed by atoms with Gasteiger partial charge in [-0.2, -0.15) is 0 Å². The molecule has 0 aliphatic carbocycles. The molecule has 0 atom stereocenters. The van der Waals surface area contributed by atoms with E-state index >= 15 is 0 Å². The summed E-state index contributed by atoms with van der Waals surface area (Å²) in [6.45, 7) is 6.73. The molecule has 0 aliphatic heterocycles. The topological polar surface area (TPSA) is 47.0 Å². The molecule has 4 nitrogen and oxygen atoms in total. The summed E-state index contributed by atoms with van der Waals surface area (Å²) in [5.41, 5.74) is 1.88. The zero-order valence-electron chi connectivity index (χ0n) is 12.0. The van der Waals surface area contributed by atoms with Gasteiger partial charge in [0.05, 0.1) is 12.2 Å². The van der Waals surface area contributed by atoms with Crippen LogP contribution in [0.3, 0.4) is 0 Å². The summed E-state index contributed by atoms with van der Waals surface area (Å²) in [4.78, 5) is 8.13. The van der Waals surface area contributed by atoms with Crippen molar-refractivity contribution in [2.75, 3.05) is 18.5 Å². The lowest BCUT2D eigenvalue weighted by molar-refractivity contribution is 0.330. The maximum absolute atomic E-state index is 6.12. The molecule has 0 fully saturated rings. The maximum Gasteiger partial charge on any atom is 0.148 e. The van der Waals surface area contributed by atoms with Gasteiger partial charge in [0.25, 0.3) is 0 Å². The van der Waals surface area contributed by atoms with Crippen LogP contribution < -0.4 is 10.1 Å². The standard InChI is InChI=1S/C16H18ClN3O/c1-3-6-13-7-4-5-8-14(13)21-10-9-18-16-15(17)12(2)19-11-20-16/h3-5,7-8,11H,1,6,9-10H2,2H3,(H,18,19,20). The van der Waals surface area contributed by atoms with Crippen LogP contribution in [0.1, 0.15) is 11.3 Å². The zero-order valence-corrected chi connectivity index (χ0v) is 12.7. The molecule has 0 spiro atoms. The van der Waals surface area contributed by atoms with E-state index in [2.05, 4.69) is 21.9 Å². The van der Waals surface area contributed by atoms with Crippen molar-refractivity contribution in [3.05, 3.63) is 59.5 Å². The Morgan fingerprint density at radius 3 is 2.95 bits per heavy atom. The SMILES string of the molecule is C=CCc1ccccc1OCCNc1ncnc(C)c1Cl. The van der Waals surface area contributed by atoms with E-state index in [0.29, 0.717) is 24.0 Å². The van der Waals surface area contributed by atoms with Crippen LogP contribution in [0.2, 0.25) is 5.02 Å². The van der Waals surface area contributed by atoms with Gasteiger partial charge < -0.3 is 10.1 Å². The number of rotatable bonds is 7. The fourth-order valence-electron chi connectivity index (χ4n) is 1.88. The van der Waals surface area contributed by atoms with Gasteiger partial charge in [0, 0.05) is 0 Å². The van der Waals surface area contributed by atoms with Gasteiger partial charge in [-0.1, -0.05) is 35.9 Å². The van der Waals surface area contributed by atoms with Crippen molar-refractivity contribution in [3.63, 3.8) is 0 Å². The second kappa shape index (κ2) is 7.64. The summed E-state index contributed by atoms with van der Waals surface area (Å²) >= 11 is 6.12. The highest BCUT2D eigenvalue weighted by Gasteiger charge is 2.05. The van der Waals surface area contributed by atoms with E-state index in [9.17, 15) is 0 Å². The molecule has 0 saturated heterocycles. The molecule has 0 unspecified atom stereocenters. The van der Waals surface area contributed by atoms with Crippen LogP contribution in [0.15, 0.2) is 43.2 Å². The first kappa shape index (κ1) is 15.3. The molecule has 5 heteroatoms. The Kier molecular flexibility index (Phi) is 5.58. The molecule has 0 aliphatic rings. The quantitative estimate of drug-likeness (QED) is 0.626. The number of halogens is 1. The Bertz CT molecular complexity index is 616. The molecule has 1 aromatic heterocycles. The van der Waals surface area contributed by atoms with Gasteiger partial charge in [-0.05, 0) is 25.0 Å². The Balaban J connectivity index is 1.87. The Morgan fingerprint density at radius 2 is 2.14 bits per heavy atom. The van der Waals surface area contributed by atoms with Crippen molar-refractivity contribution in [2.45, 2.75) is 13.3 Å². The van der Waals surface area contributed by atoms with Crippen LogP contribution >= 0.6 is 11.6 Å². The van der Waals surface area contributed by atoms with Gasteiger partial charge in [-0.15, -0.1) is 6.58 Å². The molecular formula is C16H18ClN3O. The average Bonchev–Trinajstić information content (AvgIpc) is 2.49. The number of para-hydroxylation sites is 1. The van der Waals surface area contributed by atoms with Crippen LogP contribution in [-0.4, -0.2) is 23.1 Å². The number of hydrogen-bond donors (Lipinski definition) is 1. The predicted octanol–water partition coefficient (Wildman–Crippen LogP) is 3.66. The molecule has 0 saturated carbocycles. The second-order valence-corrected chi connectivity index (χ2v) is 4.88. The number of allylic oxidation sites excluding steroid dienone is 1. The summed E-state index contributed by atoms with van der Waals surface area (Å²) < 4.78 is 5.78. The number of nitrogens with zero attached hydrogens (tertiary/aromatic N) is 2. The lowest BCUT2D eigenvalue weighted by Crippen LogP contribution is -2.13. The molecule has 1 aromatic carbocycles. The van der Waals surface area contributed by atoms with E-state index in [0.717, 1.165) is 23.4 Å². The van der Waals surface area contributed by atoms with Crippen molar-refractivity contribution in [1.82, 2.24) is 9.97 Å². The van der Waals surface area contributed by atoms with Gasteiger partial charge in [-0.3, -0.25) is 0 Å². The second-order valence-electron chi connectivity index (χ2n) is 4.50. The third kappa shape index (κ3) is 4.20. The minimum Gasteiger partial charge on any atom is -0.491 e. The van der Waals surface area contributed by atoms with Crippen LogP contribution in [0, 0.1) is 6.92 Å². The van der Waals surface area contributed by atoms with Gasteiger partial charge in [0.2, 0.25) is 0 Å². The summed E-state index contributed by atoms with van der Waals surface area (Å²) in [5, 5.41) is 3.69. The van der Waals surface area contributed by atoms with E-state index in [1.54, 1.807) is 0 Å². The van der Waals surface area contributed by atoms with Crippen molar-refractivity contribution in [3.8, 4) is 5.75 Å². The molecule has 2 aromatic rings. The minimum absolute atomic E-state index is 0.521. The van der Waals surface area contributed by atoms with E-state index in [1.165, 1.54) is 6.33 Å². The summed E-state index contributed by atoms with van der Waals surface area (Å²) in [5.74, 6) is 1.51. The number of nitrogens with one attached hydrogen (secondary N) is 1. The Morgan fingerprint density at radius 1 is 1.33 bits per heavy atom. The number of anilines is 1. The average molecular weight is 304 g/mol. The molecule has 0 bridgehead atoms. The molecule has 0 radical (unpaired) electrons. The Labute approximate surface area is 129 Å². The highest BCUT2D eigenvalue weighted by atomic mass is 35.5. The van der Waals surface area contributed by atoms with Gasteiger partial charge in [0.1, 0.15) is 29.5 Å². The van der Waals surface area contributed by atoms with E-state index in [4.69, 9.17) is 16.3 Å². The third-order valence-corrected chi connectivity index (χ3v) is 3.41. The first-order valence-corrected chi connectivity index (χ1v) is 7.12. The van der Waals surface area contributed by atoms with E-state index in [-0.39, 0.29) is 0 Å². The Hall–Kier alpha value is -2.07. The smallest absolute Gasteiger partial charge is 0.148 e. The highest BCUT2D eigenvalue weighted by molar-refractivity contribution is 6.33. The van der Waals surface area contributed by atoms with Crippen LogP contribution in [-0.2, 0) is 6.42 Å². The molecule has 110 valence electrons. The van der Waals surface area contributed by atoms with Crippen molar-refractivity contribution in [2.24, 2.45) is 0 Å². The number of benzene rings is 1. The number of aryl methyl sites for hydroxylation is 1. The lowest BCUT2D eigenvalue weighted by atomic mass is 10.1. The van der Waals surface area contributed by atoms with Crippen LogP contribution in [0.4, 0.5) is 5.82 Å². The number of ether oxygens (including phenoxy) is 1. The highest BCUT2D eigenvalue weighted by Crippen LogP contribution is 2.21. The normalized spacial score (nSPS) is 10.2. The van der Waals surface area contributed by atoms with E-state index in [1.807, 2.05) is 37.3 Å². The van der Waals surface area contributed by atoms with Gasteiger partial charge >= 0.3 is 0 Å². The fraction of sp³-hybridized carbons (Fsp3) is 0.250. The molecule has 21 heavy (non-hydrogen) atoms. The lowest BCUT2D eigenvalue weighted by Gasteiger charge is -2.12. The van der Waals surface area contributed by atoms with E-state index < -0.39 is 0 Å². The maximum atomic E-state index is 6.12. The molecule has 1 N–H and O–H groups in total. The first-order valence-electron chi connectivity index (χ1n) is 6.75. The fourth-order valence-corrected chi connectivity index (χ4v) is 2.04. The van der Waals surface area contributed by atoms with Crippen molar-refractivity contribution >= 4 is 17.4 Å².